The number of nitrogens with zero attached hydrogens (tertiary/aromatic N) is 1. The van der Waals surface area contributed by atoms with E-state index in [1.54, 1.807) is 20.0 Å². The number of anilines is 1. The van der Waals surface area contributed by atoms with Gasteiger partial charge in [-0.05, 0) is 13.0 Å². The van der Waals surface area contributed by atoms with Crippen molar-refractivity contribution in [1.82, 2.24) is 0 Å². The lowest BCUT2D eigenvalue weighted by atomic mass is 10.1. The lowest BCUT2D eigenvalue weighted by Gasteiger charge is -2.23. The van der Waals surface area contributed by atoms with Crippen LogP contribution in [0.2, 0.25) is 0 Å². The predicted octanol–water partition coefficient (Wildman–Crippen LogP) is 1.36. The molecule has 1 aromatic rings. The lowest BCUT2D eigenvalue weighted by molar-refractivity contribution is 0.199. The maximum atomic E-state index is 13.8. The quantitative estimate of drug-likeness (QED) is 0.881. The summed E-state index contributed by atoms with van der Waals surface area (Å²) in [7, 11) is -1.49. The van der Waals surface area contributed by atoms with Crippen LogP contribution in [0.1, 0.15) is 18.6 Å². The highest BCUT2D eigenvalue weighted by Crippen LogP contribution is 2.28. The van der Waals surface area contributed by atoms with Gasteiger partial charge in [0.25, 0.3) is 0 Å². The third-order valence-electron chi connectivity index (χ3n) is 2.65. The molecule has 0 heterocycles. The van der Waals surface area contributed by atoms with Crippen LogP contribution in [0.15, 0.2) is 18.2 Å². The maximum Gasteiger partial charge on any atom is 0.149 e. The number of hydrogen-bond acceptors (Lipinski definition) is 4. The van der Waals surface area contributed by atoms with Gasteiger partial charge in [0.2, 0.25) is 0 Å². The van der Waals surface area contributed by atoms with Crippen molar-refractivity contribution in [3.8, 4) is 0 Å². The van der Waals surface area contributed by atoms with Crippen LogP contribution in [0, 0.1) is 5.82 Å². The molecule has 1 rings (SSSR count). The Morgan fingerprint density at radius 3 is 2.56 bits per heavy atom. The number of halogens is 1. The summed E-state index contributed by atoms with van der Waals surface area (Å²) in [5.41, 5.74) is 0.696. The first kappa shape index (κ1) is 14.9. The van der Waals surface area contributed by atoms with Gasteiger partial charge in [0.05, 0.1) is 17.5 Å². The molecule has 0 saturated heterocycles. The molecule has 0 aromatic heterocycles. The Morgan fingerprint density at radius 2 is 2.06 bits per heavy atom. The Morgan fingerprint density at radius 1 is 1.44 bits per heavy atom. The van der Waals surface area contributed by atoms with Gasteiger partial charge in [0.15, 0.2) is 0 Å². The molecule has 0 saturated carbocycles. The van der Waals surface area contributed by atoms with Crippen molar-refractivity contribution < 1.29 is 17.9 Å². The number of aliphatic hydroxyl groups is 1. The monoisotopic (exact) mass is 275 g/mol. The van der Waals surface area contributed by atoms with Gasteiger partial charge in [-0.1, -0.05) is 12.1 Å². The van der Waals surface area contributed by atoms with Gasteiger partial charge in [-0.3, -0.25) is 0 Å². The number of aliphatic hydroxyl groups excluding tert-OH is 1. The first-order chi connectivity index (χ1) is 8.22. The number of hydrogen-bond donors (Lipinski definition) is 1. The van der Waals surface area contributed by atoms with Crippen molar-refractivity contribution in [3.05, 3.63) is 29.6 Å². The van der Waals surface area contributed by atoms with Crippen LogP contribution in [0.25, 0.3) is 0 Å². The van der Waals surface area contributed by atoms with E-state index in [1.165, 1.54) is 17.0 Å². The molecule has 18 heavy (non-hydrogen) atoms. The molecule has 0 amide bonds. The molecule has 4 nitrogen and oxygen atoms in total. The Hall–Kier alpha value is -1.14. The number of rotatable bonds is 5. The molecule has 0 aliphatic heterocycles. The van der Waals surface area contributed by atoms with Crippen LogP contribution in [0.5, 0.6) is 0 Å². The fourth-order valence-electron chi connectivity index (χ4n) is 1.69. The van der Waals surface area contributed by atoms with E-state index in [2.05, 4.69) is 0 Å². The molecule has 6 heteroatoms. The minimum absolute atomic E-state index is 0.0584. The van der Waals surface area contributed by atoms with E-state index < -0.39 is 21.8 Å². The normalized spacial score (nSPS) is 13.4. The summed E-state index contributed by atoms with van der Waals surface area (Å²) in [5.74, 6) is -0.527. The van der Waals surface area contributed by atoms with Crippen LogP contribution in [0.3, 0.4) is 0 Å². The molecular weight excluding hydrogens is 257 g/mol. The van der Waals surface area contributed by atoms with Gasteiger partial charge in [0, 0.05) is 25.4 Å². The minimum atomic E-state index is -3.10. The van der Waals surface area contributed by atoms with Crippen molar-refractivity contribution in [3.63, 3.8) is 0 Å². The highest BCUT2D eigenvalue weighted by molar-refractivity contribution is 7.90. The molecule has 0 radical (unpaired) electrons. The molecule has 1 N–H and O–H groups in total. The topological polar surface area (TPSA) is 57.6 Å². The van der Waals surface area contributed by atoms with Gasteiger partial charge in [-0.15, -0.1) is 0 Å². The summed E-state index contributed by atoms with van der Waals surface area (Å²) >= 11 is 0. The molecule has 102 valence electrons. The molecular formula is C12H18FNO3S. The number of para-hydroxylation sites is 1. The summed E-state index contributed by atoms with van der Waals surface area (Å²) in [6.07, 6.45) is 0.328. The highest BCUT2D eigenvalue weighted by atomic mass is 32.2. The van der Waals surface area contributed by atoms with Gasteiger partial charge >= 0.3 is 0 Å². The van der Waals surface area contributed by atoms with Gasteiger partial charge < -0.3 is 10.0 Å². The standard InChI is InChI=1S/C12H18FNO3S/c1-9(15)10-5-4-6-11(13)12(10)14(2)7-8-18(3,16)17/h4-6,9,15H,7-8H2,1-3H3. The summed E-state index contributed by atoms with van der Waals surface area (Å²) in [6.45, 7) is 1.72. The second-order valence-electron chi connectivity index (χ2n) is 4.41. The van der Waals surface area contributed by atoms with E-state index >= 15 is 0 Å². The van der Waals surface area contributed by atoms with Crippen molar-refractivity contribution in [2.45, 2.75) is 13.0 Å². The Kier molecular flexibility index (Phi) is 4.70. The summed E-state index contributed by atoms with van der Waals surface area (Å²) in [5, 5.41) is 9.59. The zero-order chi connectivity index (χ0) is 13.9. The second-order valence-corrected chi connectivity index (χ2v) is 6.66. The third kappa shape index (κ3) is 3.96. The molecule has 1 atom stereocenters. The number of benzene rings is 1. The summed E-state index contributed by atoms with van der Waals surface area (Å²) in [4.78, 5) is 1.51. The largest absolute Gasteiger partial charge is 0.389 e. The van der Waals surface area contributed by atoms with E-state index in [4.69, 9.17) is 0 Å². The predicted molar refractivity (Wildman–Crippen MR) is 70.0 cm³/mol. The Balaban J connectivity index is 3.01. The Labute approximate surface area is 107 Å². The average molecular weight is 275 g/mol. The molecule has 0 aliphatic carbocycles. The smallest absolute Gasteiger partial charge is 0.149 e. The van der Waals surface area contributed by atoms with E-state index in [9.17, 15) is 17.9 Å². The fraction of sp³-hybridized carbons (Fsp3) is 0.500. The third-order valence-corrected chi connectivity index (χ3v) is 3.57. The van der Waals surface area contributed by atoms with Crippen molar-refractivity contribution >= 4 is 15.5 Å². The average Bonchev–Trinajstić information content (AvgIpc) is 2.24. The molecule has 0 aliphatic rings. The molecule has 1 unspecified atom stereocenters. The van der Waals surface area contributed by atoms with Crippen LogP contribution >= 0.6 is 0 Å². The highest BCUT2D eigenvalue weighted by Gasteiger charge is 2.17. The second kappa shape index (κ2) is 5.67. The van der Waals surface area contributed by atoms with Crippen LogP contribution < -0.4 is 4.90 Å². The first-order valence-corrected chi connectivity index (χ1v) is 7.64. The lowest BCUT2D eigenvalue weighted by Crippen LogP contribution is -2.27. The van der Waals surface area contributed by atoms with Crippen molar-refractivity contribution in [2.75, 3.05) is 30.5 Å². The first-order valence-electron chi connectivity index (χ1n) is 5.57. The molecule has 1 aromatic carbocycles. The van der Waals surface area contributed by atoms with Crippen molar-refractivity contribution in [2.24, 2.45) is 0 Å². The summed E-state index contributed by atoms with van der Waals surface area (Å²) in [6, 6.07) is 4.43. The SMILES string of the molecule is CC(O)c1cccc(F)c1N(C)CCS(C)(=O)=O. The van der Waals surface area contributed by atoms with Crippen LogP contribution in [0.4, 0.5) is 10.1 Å². The Bertz CT molecular complexity index is 514. The van der Waals surface area contributed by atoms with Gasteiger partial charge in [-0.25, -0.2) is 12.8 Å². The van der Waals surface area contributed by atoms with Crippen LogP contribution in [-0.2, 0) is 9.84 Å². The number of sulfone groups is 1. The molecule has 0 spiro atoms. The van der Waals surface area contributed by atoms with E-state index in [0.29, 0.717) is 5.56 Å². The molecule has 0 fully saturated rings. The van der Waals surface area contributed by atoms with E-state index in [0.717, 1.165) is 6.26 Å². The van der Waals surface area contributed by atoms with E-state index in [-0.39, 0.29) is 18.0 Å². The molecule has 0 bridgehead atoms. The van der Waals surface area contributed by atoms with Crippen LogP contribution in [-0.4, -0.2) is 39.1 Å². The fourth-order valence-corrected chi connectivity index (χ4v) is 2.29. The maximum absolute atomic E-state index is 13.8. The zero-order valence-corrected chi connectivity index (χ0v) is 11.5. The minimum Gasteiger partial charge on any atom is -0.389 e. The van der Waals surface area contributed by atoms with Gasteiger partial charge in [0.1, 0.15) is 15.7 Å². The zero-order valence-electron chi connectivity index (χ0n) is 10.7. The summed E-state index contributed by atoms with van der Waals surface area (Å²) < 4.78 is 36.0. The van der Waals surface area contributed by atoms with Crippen molar-refractivity contribution in [1.29, 1.82) is 0 Å². The van der Waals surface area contributed by atoms with Gasteiger partial charge in [-0.2, -0.15) is 0 Å². The van der Waals surface area contributed by atoms with E-state index in [1.807, 2.05) is 0 Å².